The highest BCUT2D eigenvalue weighted by molar-refractivity contribution is 9.10. The number of halogens is 1. The van der Waals surface area contributed by atoms with Crippen molar-refractivity contribution in [3.8, 4) is 0 Å². The van der Waals surface area contributed by atoms with E-state index in [1.54, 1.807) is 12.1 Å². The molecule has 0 saturated heterocycles. The molecule has 2 aromatic rings. The van der Waals surface area contributed by atoms with E-state index in [4.69, 9.17) is 4.42 Å². The van der Waals surface area contributed by atoms with Crippen molar-refractivity contribution in [2.75, 3.05) is 19.6 Å². The van der Waals surface area contributed by atoms with Crippen LogP contribution in [-0.2, 0) is 10.0 Å². The maximum atomic E-state index is 12.7. The molecule has 0 bridgehead atoms. The summed E-state index contributed by atoms with van der Waals surface area (Å²) in [5.41, 5.74) is -0.482. The fraction of sp³-hybridized carbons (Fsp3) is 0.375. The van der Waals surface area contributed by atoms with Crippen LogP contribution in [0.2, 0.25) is 0 Å². The van der Waals surface area contributed by atoms with Crippen LogP contribution < -0.4 is 4.72 Å². The largest absolute Gasteiger partial charge is 0.468 e. The molecule has 0 saturated carbocycles. The van der Waals surface area contributed by atoms with E-state index < -0.39 is 20.6 Å². The molecule has 2 rings (SSSR count). The third kappa shape index (κ3) is 4.70. The number of sulfonamides is 1. The highest BCUT2D eigenvalue weighted by Crippen LogP contribution is 2.28. The summed E-state index contributed by atoms with van der Waals surface area (Å²) in [4.78, 5) is 12.2. The Morgan fingerprint density at radius 2 is 2.00 bits per heavy atom. The van der Waals surface area contributed by atoms with E-state index in [1.165, 1.54) is 24.5 Å². The van der Waals surface area contributed by atoms with Crippen LogP contribution >= 0.6 is 15.9 Å². The summed E-state index contributed by atoms with van der Waals surface area (Å²) in [6, 6.07) is 7.03. The van der Waals surface area contributed by atoms with E-state index in [1.807, 2.05) is 18.7 Å². The Hall–Kier alpha value is -1.75. The lowest BCUT2D eigenvalue weighted by molar-refractivity contribution is -0.387. The average Bonchev–Trinajstić information content (AvgIpc) is 3.12. The molecule has 0 radical (unpaired) electrons. The zero-order valence-corrected chi connectivity index (χ0v) is 16.8. The first-order valence-corrected chi connectivity index (χ1v) is 10.3. The molecule has 0 amide bonds. The molecule has 142 valence electrons. The minimum atomic E-state index is -4.07. The first kappa shape index (κ1) is 20.6. The van der Waals surface area contributed by atoms with Gasteiger partial charge in [0.1, 0.15) is 5.76 Å². The Morgan fingerprint density at radius 1 is 1.31 bits per heavy atom. The van der Waals surface area contributed by atoms with E-state index in [9.17, 15) is 18.5 Å². The van der Waals surface area contributed by atoms with Gasteiger partial charge < -0.3 is 4.42 Å². The van der Waals surface area contributed by atoms with Gasteiger partial charge in [0, 0.05) is 17.1 Å². The van der Waals surface area contributed by atoms with Gasteiger partial charge in [0.2, 0.25) is 10.0 Å². The van der Waals surface area contributed by atoms with Crippen LogP contribution in [0.4, 0.5) is 5.69 Å². The van der Waals surface area contributed by atoms with Crippen LogP contribution in [-0.4, -0.2) is 37.9 Å². The fourth-order valence-electron chi connectivity index (χ4n) is 2.68. The average molecular weight is 446 g/mol. The second-order valence-electron chi connectivity index (χ2n) is 5.47. The van der Waals surface area contributed by atoms with Gasteiger partial charge in [-0.15, -0.1) is 0 Å². The number of hydrogen-bond donors (Lipinski definition) is 1. The highest BCUT2D eigenvalue weighted by Gasteiger charge is 2.28. The molecule has 1 N–H and O–H groups in total. The monoisotopic (exact) mass is 445 g/mol. The molecule has 10 heteroatoms. The van der Waals surface area contributed by atoms with E-state index in [2.05, 4.69) is 20.7 Å². The van der Waals surface area contributed by atoms with Crippen molar-refractivity contribution < 1.29 is 17.8 Å². The lowest BCUT2D eigenvalue weighted by Crippen LogP contribution is -2.38. The van der Waals surface area contributed by atoms with Gasteiger partial charge in [-0.3, -0.25) is 15.0 Å². The second-order valence-corrected chi connectivity index (χ2v) is 8.12. The number of nitrogens with one attached hydrogen (secondary N) is 1. The first-order chi connectivity index (χ1) is 12.3. The van der Waals surface area contributed by atoms with Crippen molar-refractivity contribution >= 4 is 31.6 Å². The number of nitro benzene ring substituents is 1. The predicted molar refractivity (Wildman–Crippen MR) is 100 cm³/mol. The molecule has 0 fully saturated rings. The fourth-order valence-corrected chi connectivity index (χ4v) is 4.22. The number of likely N-dealkylation sites (N-methyl/N-ethyl adjacent to an activating group) is 1. The maximum absolute atomic E-state index is 12.7. The Morgan fingerprint density at radius 3 is 2.54 bits per heavy atom. The quantitative estimate of drug-likeness (QED) is 0.468. The first-order valence-electron chi connectivity index (χ1n) is 8.01. The summed E-state index contributed by atoms with van der Waals surface area (Å²) in [6.45, 7) is 5.36. The highest BCUT2D eigenvalue weighted by atomic mass is 79.9. The van der Waals surface area contributed by atoms with E-state index in [0.717, 1.165) is 0 Å². The Kier molecular flexibility index (Phi) is 6.93. The van der Waals surface area contributed by atoms with Crippen LogP contribution in [0.25, 0.3) is 0 Å². The van der Waals surface area contributed by atoms with E-state index >= 15 is 0 Å². The van der Waals surface area contributed by atoms with Gasteiger partial charge in [-0.05, 0) is 37.4 Å². The Balaban J connectivity index is 2.30. The molecule has 0 aliphatic rings. The third-order valence-corrected chi connectivity index (χ3v) is 5.96. The normalized spacial score (nSPS) is 13.1. The van der Waals surface area contributed by atoms with Crippen molar-refractivity contribution in [2.45, 2.75) is 24.8 Å². The summed E-state index contributed by atoms with van der Waals surface area (Å²) < 4.78 is 33.7. The molecular weight excluding hydrogens is 426 g/mol. The van der Waals surface area contributed by atoms with Gasteiger partial charge in [0.05, 0.1) is 17.2 Å². The van der Waals surface area contributed by atoms with Crippen LogP contribution in [0.15, 0.2) is 50.4 Å². The molecule has 1 heterocycles. The number of furan rings is 1. The zero-order chi connectivity index (χ0) is 19.3. The number of benzene rings is 1. The Labute approximate surface area is 160 Å². The molecule has 8 nitrogen and oxygen atoms in total. The van der Waals surface area contributed by atoms with E-state index in [0.29, 0.717) is 23.3 Å². The molecule has 1 atom stereocenters. The zero-order valence-electron chi connectivity index (χ0n) is 14.4. The van der Waals surface area contributed by atoms with Gasteiger partial charge in [0.15, 0.2) is 4.90 Å². The van der Waals surface area contributed by atoms with Gasteiger partial charge >= 0.3 is 0 Å². The molecule has 0 aliphatic carbocycles. The van der Waals surface area contributed by atoms with Crippen LogP contribution in [0.5, 0.6) is 0 Å². The van der Waals surface area contributed by atoms with Crippen molar-refractivity contribution in [3.05, 3.63) is 56.9 Å². The van der Waals surface area contributed by atoms with Gasteiger partial charge in [-0.1, -0.05) is 29.8 Å². The molecule has 26 heavy (non-hydrogen) atoms. The van der Waals surface area contributed by atoms with Crippen molar-refractivity contribution in [1.29, 1.82) is 0 Å². The van der Waals surface area contributed by atoms with Crippen LogP contribution in [0, 0.1) is 10.1 Å². The predicted octanol–water partition coefficient (Wildman–Crippen LogP) is 3.31. The van der Waals surface area contributed by atoms with E-state index in [-0.39, 0.29) is 17.5 Å². The van der Waals surface area contributed by atoms with Gasteiger partial charge in [-0.2, -0.15) is 0 Å². The molecular formula is C16H20BrN3O5S. The molecule has 0 spiro atoms. The molecule has 1 aromatic heterocycles. The number of nitro groups is 1. The summed E-state index contributed by atoms with van der Waals surface area (Å²) in [5.74, 6) is 0.627. The van der Waals surface area contributed by atoms with Crippen molar-refractivity contribution in [3.63, 3.8) is 0 Å². The number of rotatable bonds is 9. The van der Waals surface area contributed by atoms with Crippen LogP contribution in [0.3, 0.4) is 0 Å². The lowest BCUT2D eigenvalue weighted by atomic mass is 10.2. The summed E-state index contributed by atoms with van der Waals surface area (Å²) in [6.07, 6.45) is 1.53. The van der Waals surface area contributed by atoms with Gasteiger partial charge in [0.25, 0.3) is 5.69 Å². The second kappa shape index (κ2) is 8.76. The molecule has 0 aliphatic heterocycles. The minimum absolute atomic E-state index is 0.0325. The number of nitrogens with zero attached hydrogens (tertiary/aromatic N) is 2. The van der Waals surface area contributed by atoms with Crippen LogP contribution in [0.1, 0.15) is 25.6 Å². The summed E-state index contributed by atoms with van der Waals surface area (Å²) in [5, 5.41) is 11.2. The van der Waals surface area contributed by atoms with Gasteiger partial charge in [-0.25, -0.2) is 13.1 Å². The van der Waals surface area contributed by atoms with Crippen molar-refractivity contribution in [2.24, 2.45) is 0 Å². The molecule has 1 aromatic carbocycles. The molecule has 1 unspecified atom stereocenters. The SMILES string of the molecule is CCN(CC)C(CNS(=O)(=O)c1ccc(Br)cc1[N+](=O)[O-])c1ccco1. The smallest absolute Gasteiger partial charge is 0.290 e. The topological polar surface area (TPSA) is 106 Å². The lowest BCUT2D eigenvalue weighted by Gasteiger charge is -2.28. The number of hydrogen-bond acceptors (Lipinski definition) is 6. The maximum Gasteiger partial charge on any atom is 0.290 e. The minimum Gasteiger partial charge on any atom is -0.468 e. The Bertz CT molecular complexity index is 851. The third-order valence-electron chi connectivity index (χ3n) is 4.00. The standard InChI is InChI=1S/C16H20BrN3O5S/c1-3-19(4-2)14(15-6-5-9-25-15)11-18-26(23,24)16-8-7-12(17)10-13(16)20(21)22/h5-10,14,18H,3-4,11H2,1-2H3. The van der Waals surface area contributed by atoms with Crippen molar-refractivity contribution in [1.82, 2.24) is 9.62 Å². The summed E-state index contributed by atoms with van der Waals surface area (Å²) >= 11 is 3.12. The summed E-state index contributed by atoms with van der Waals surface area (Å²) in [7, 11) is -4.07.